The highest BCUT2D eigenvalue weighted by Crippen LogP contribution is 2.16. The lowest BCUT2D eigenvalue weighted by molar-refractivity contribution is -0.131. The normalized spacial score (nSPS) is 10.7. The summed E-state index contributed by atoms with van der Waals surface area (Å²) in [6.07, 6.45) is 3.00. The van der Waals surface area contributed by atoms with E-state index in [0.29, 0.717) is 11.8 Å². The fourth-order valence-corrected chi connectivity index (χ4v) is 1.69. The van der Waals surface area contributed by atoms with Crippen LogP contribution in [0.4, 0.5) is 0 Å². The Morgan fingerprint density at radius 1 is 1.41 bits per heavy atom. The average molecular weight is 297 g/mol. The minimum absolute atomic E-state index is 0.104. The molecule has 0 saturated carbocycles. The molecule has 0 spiro atoms. The molecule has 90 valence electrons. The molecule has 0 radical (unpaired) electrons. The van der Waals surface area contributed by atoms with Crippen LogP contribution in [0.3, 0.4) is 0 Å². The zero-order valence-electron chi connectivity index (χ0n) is 9.44. The molecule has 0 aromatic heterocycles. The number of ketones is 1. The maximum atomic E-state index is 11.4. The zero-order chi connectivity index (χ0) is 12.8. The van der Waals surface area contributed by atoms with Crippen molar-refractivity contribution in [3.05, 3.63) is 41.0 Å². The van der Waals surface area contributed by atoms with Gasteiger partial charge in [-0.2, -0.15) is 0 Å². The van der Waals surface area contributed by atoms with Crippen molar-refractivity contribution in [2.75, 3.05) is 5.33 Å². The van der Waals surface area contributed by atoms with Crippen molar-refractivity contribution in [1.29, 1.82) is 0 Å². The van der Waals surface area contributed by atoms with Crippen LogP contribution in [0, 0.1) is 6.92 Å². The van der Waals surface area contributed by atoms with E-state index in [1.807, 2.05) is 25.1 Å². The molecule has 4 heteroatoms. The van der Waals surface area contributed by atoms with Crippen molar-refractivity contribution in [2.45, 2.75) is 13.3 Å². The number of halogens is 1. The number of carboxylic acid groups (broad SMARTS) is 1. The van der Waals surface area contributed by atoms with E-state index >= 15 is 0 Å². The van der Waals surface area contributed by atoms with Crippen LogP contribution < -0.4 is 0 Å². The maximum Gasteiger partial charge on any atom is 0.328 e. The van der Waals surface area contributed by atoms with Crippen molar-refractivity contribution in [2.24, 2.45) is 0 Å². The second kappa shape index (κ2) is 6.35. The molecule has 0 bridgehead atoms. The van der Waals surface area contributed by atoms with Gasteiger partial charge in [0.15, 0.2) is 0 Å². The molecule has 17 heavy (non-hydrogen) atoms. The van der Waals surface area contributed by atoms with Crippen LogP contribution in [-0.2, 0) is 16.0 Å². The summed E-state index contributed by atoms with van der Waals surface area (Å²) in [5, 5.41) is 8.91. The van der Waals surface area contributed by atoms with E-state index in [9.17, 15) is 9.59 Å². The standard InChI is InChI=1S/C13H13BrO3/c1-9-10(5-6-13(16)17)3-2-4-11(9)7-12(15)8-14/h2-6H,7-8H2,1H3,(H,16,17)/b6-5+. The molecule has 0 unspecified atom stereocenters. The van der Waals surface area contributed by atoms with E-state index in [2.05, 4.69) is 15.9 Å². The highest BCUT2D eigenvalue weighted by Gasteiger charge is 2.06. The lowest BCUT2D eigenvalue weighted by atomic mass is 9.98. The molecular weight excluding hydrogens is 284 g/mol. The number of hydrogen-bond acceptors (Lipinski definition) is 2. The van der Waals surface area contributed by atoms with Crippen molar-refractivity contribution in [3.63, 3.8) is 0 Å². The summed E-state index contributed by atoms with van der Waals surface area (Å²) in [4.78, 5) is 21.8. The van der Waals surface area contributed by atoms with Crippen LogP contribution >= 0.6 is 15.9 Å². The smallest absolute Gasteiger partial charge is 0.328 e. The molecular formula is C13H13BrO3. The van der Waals surface area contributed by atoms with Crippen LogP contribution in [-0.4, -0.2) is 22.2 Å². The van der Waals surface area contributed by atoms with E-state index < -0.39 is 5.97 Å². The third-order valence-corrected chi connectivity index (χ3v) is 3.06. The maximum absolute atomic E-state index is 11.4. The van der Waals surface area contributed by atoms with Crippen LogP contribution in [0.2, 0.25) is 0 Å². The summed E-state index contributed by atoms with van der Waals surface area (Å²) in [7, 11) is 0. The topological polar surface area (TPSA) is 54.4 Å². The van der Waals surface area contributed by atoms with Gasteiger partial charge in [-0.1, -0.05) is 34.1 Å². The first kappa shape index (κ1) is 13.6. The predicted octanol–water partition coefficient (Wildman–Crippen LogP) is 2.60. The molecule has 0 fully saturated rings. The molecule has 0 saturated heterocycles. The number of carbonyl (C=O) groups is 2. The number of rotatable bonds is 5. The summed E-state index contributed by atoms with van der Waals surface area (Å²) < 4.78 is 0. The Balaban J connectivity index is 2.98. The Kier molecular flexibility index (Phi) is 5.10. The van der Waals surface area contributed by atoms with Gasteiger partial charge in [-0.3, -0.25) is 4.79 Å². The summed E-state index contributed by atoms with van der Waals surface area (Å²) in [5.41, 5.74) is 2.70. The Morgan fingerprint density at radius 3 is 2.71 bits per heavy atom. The number of carbonyl (C=O) groups excluding carboxylic acids is 1. The van der Waals surface area contributed by atoms with Crippen LogP contribution in [0.1, 0.15) is 16.7 Å². The predicted molar refractivity (Wildman–Crippen MR) is 70.4 cm³/mol. The van der Waals surface area contributed by atoms with E-state index in [0.717, 1.165) is 22.8 Å². The molecule has 1 aromatic rings. The van der Waals surface area contributed by atoms with Gasteiger partial charge in [-0.25, -0.2) is 4.79 Å². The first-order valence-corrected chi connectivity index (χ1v) is 6.24. The molecule has 0 aliphatic rings. The molecule has 1 N–H and O–H groups in total. The summed E-state index contributed by atoms with van der Waals surface area (Å²) in [5.74, 6) is -0.876. The van der Waals surface area contributed by atoms with Gasteiger partial charge in [-0.15, -0.1) is 0 Å². The van der Waals surface area contributed by atoms with Gasteiger partial charge in [0.25, 0.3) is 0 Å². The van der Waals surface area contributed by atoms with Gasteiger partial charge in [0.05, 0.1) is 5.33 Å². The van der Waals surface area contributed by atoms with E-state index in [4.69, 9.17) is 5.11 Å². The number of aliphatic carboxylic acids is 1. The monoisotopic (exact) mass is 296 g/mol. The van der Waals surface area contributed by atoms with E-state index in [1.165, 1.54) is 0 Å². The third kappa shape index (κ3) is 4.15. The molecule has 0 aliphatic heterocycles. The van der Waals surface area contributed by atoms with E-state index in [1.54, 1.807) is 6.08 Å². The van der Waals surface area contributed by atoms with Gasteiger partial charge < -0.3 is 5.11 Å². The van der Waals surface area contributed by atoms with Gasteiger partial charge in [0.1, 0.15) is 5.78 Å². The Morgan fingerprint density at radius 2 is 2.12 bits per heavy atom. The van der Waals surface area contributed by atoms with Crippen LogP contribution in [0.15, 0.2) is 24.3 Å². The fourth-order valence-electron chi connectivity index (χ4n) is 1.50. The lowest BCUT2D eigenvalue weighted by Gasteiger charge is -2.07. The van der Waals surface area contributed by atoms with Crippen molar-refractivity contribution >= 4 is 33.8 Å². The number of alkyl halides is 1. The third-order valence-electron chi connectivity index (χ3n) is 2.43. The van der Waals surface area contributed by atoms with Gasteiger partial charge >= 0.3 is 5.97 Å². The van der Waals surface area contributed by atoms with Gasteiger partial charge in [0.2, 0.25) is 0 Å². The van der Waals surface area contributed by atoms with Gasteiger partial charge in [0, 0.05) is 12.5 Å². The molecule has 1 rings (SSSR count). The van der Waals surface area contributed by atoms with Crippen LogP contribution in [0.25, 0.3) is 6.08 Å². The second-order valence-corrected chi connectivity index (χ2v) is 4.21. The molecule has 0 amide bonds. The zero-order valence-corrected chi connectivity index (χ0v) is 11.0. The molecule has 0 atom stereocenters. The lowest BCUT2D eigenvalue weighted by Crippen LogP contribution is -2.05. The van der Waals surface area contributed by atoms with Crippen molar-refractivity contribution in [1.82, 2.24) is 0 Å². The van der Waals surface area contributed by atoms with Crippen molar-refractivity contribution < 1.29 is 14.7 Å². The Hall–Kier alpha value is -1.42. The number of benzene rings is 1. The van der Waals surface area contributed by atoms with Crippen molar-refractivity contribution in [3.8, 4) is 0 Å². The largest absolute Gasteiger partial charge is 0.478 e. The minimum atomic E-state index is -0.980. The first-order valence-electron chi connectivity index (χ1n) is 5.11. The van der Waals surface area contributed by atoms with Crippen LogP contribution in [0.5, 0.6) is 0 Å². The molecule has 1 aromatic carbocycles. The first-order chi connectivity index (χ1) is 8.04. The molecule has 3 nitrogen and oxygen atoms in total. The highest BCUT2D eigenvalue weighted by molar-refractivity contribution is 9.09. The number of carboxylic acids is 1. The number of Topliss-reactive ketones (excluding diaryl/α,β-unsaturated/α-hetero) is 1. The Labute approximate surface area is 108 Å². The summed E-state index contributed by atoms with van der Waals surface area (Å²) in [6.45, 7) is 1.89. The molecule has 0 aliphatic carbocycles. The highest BCUT2D eigenvalue weighted by atomic mass is 79.9. The quantitative estimate of drug-likeness (QED) is 0.671. The number of hydrogen-bond donors (Lipinski definition) is 1. The SMILES string of the molecule is Cc1c(/C=C/C(=O)O)cccc1CC(=O)CBr. The molecule has 0 heterocycles. The van der Waals surface area contributed by atoms with E-state index in [-0.39, 0.29) is 5.78 Å². The van der Waals surface area contributed by atoms with Gasteiger partial charge in [-0.05, 0) is 29.7 Å². The average Bonchev–Trinajstić information content (AvgIpc) is 2.30. The Bertz CT molecular complexity index is 464. The fraction of sp³-hybridized carbons (Fsp3) is 0.231. The second-order valence-electron chi connectivity index (χ2n) is 3.65. The summed E-state index contributed by atoms with van der Waals surface area (Å²) >= 11 is 3.12. The summed E-state index contributed by atoms with van der Waals surface area (Å²) in [6, 6.07) is 5.54. The minimum Gasteiger partial charge on any atom is -0.478 e.